The van der Waals surface area contributed by atoms with Gasteiger partial charge in [0.05, 0.1) is 6.54 Å². The summed E-state index contributed by atoms with van der Waals surface area (Å²) in [5.41, 5.74) is 3.12. The van der Waals surface area contributed by atoms with E-state index in [1.807, 2.05) is 47.4 Å². The van der Waals surface area contributed by atoms with E-state index in [0.717, 1.165) is 53.9 Å². The van der Waals surface area contributed by atoms with E-state index in [-0.39, 0.29) is 11.7 Å². The van der Waals surface area contributed by atoms with Gasteiger partial charge in [-0.15, -0.1) is 0 Å². The van der Waals surface area contributed by atoms with Crippen molar-refractivity contribution >= 4 is 6.09 Å². The van der Waals surface area contributed by atoms with Crippen LogP contribution in [-0.4, -0.2) is 23.1 Å². The molecule has 31 heavy (non-hydrogen) atoms. The van der Waals surface area contributed by atoms with Crippen LogP contribution in [0.3, 0.4) is 0 Å². The smallest absolute Gasteiger partial charge is 0.410 e. The minimum Gasteiger partial charge on any atom is -0.457 e. The van der Waals surface area contributed by atoms with E-state index in [2.05, 4.69) is 36.4 Å². The van der Waals surface area contributed by atoms with Gasteiger partial charge in [-0.3, -0.25) is 4.90 Å². The van der Waals surface area contributed by atoms with E-state index in [9.17, 15) is 4.79 Å². The Kier molecular flexibility index (Phi) is 5.37. The molecule has 1 spiro atoms. The number of ether oxygens (including phenoxy) is 2. The highest BCUT2D eigenvalue weighted by Crippen LogP contribution is 2.37. The molecule has 4 nitrogen and oxygen atoms in total. The standard InChI is InChI=1S/C27H27NO3/c29-26-28(20-27(31-26)16-5-2-6-17-27)19-21-8-7-9-23(18-21)22-12-14-25(15-13-22)30-24-10-3-1-4-11-24/h1,3-4,7-15,18H,2,5-6,16-17,19-20H2. The molecule has 0 bridgehead atoms. The van der Waals surface area contributed by atoms with E-state index in [0.29, 0.717) is 13.1 Å². The van der Waals surface area contributed by atoms with Crippen molar-refractivity contribution in [3.8, 4) is 22.6 Å². The fourth-order valence-electron chi connectivity index (χ4n) is 4.68. The SMILES string of the molecule is O=C1OC2(CCCCC2)CN1Cc1cccc(-c2ccc(Oc3ccccc3)cc2)c1. The van der Waals surface area contributed by atoms with Gasteiger partial charge in [-0.05, 0) is 72.7 Å². The molecular weight excluding hydrogens is 386 g/mol. The molecule has 1 heterocycles. The molecule has 0 aromatic heterocycles. The lowest BCUT2D eigenvalue weighted by Crippen LogP contribution is -2.36. The third-order valence-corrected chi connectivity index (χ3v) is 6.27. The van der Waals surface area contributed by atoms with Gasteiger partial charge in [-0.1, -0.05) is 55.0 Å². The lowest BCUT2D eigenvalue weighted by atomic mass is 9.85. The maximum absolute atomic E-state index is 12.5. The van der Waals surface area contributed by atoms with Gasteiger partial charge in [0.15, 0.2) is 0 Å². The van der Waals surface area contributed by atoms with Crippen molar-refractivity contribution in [1.82, 2.24) is 4.90 Å². The highest BCUT2D eigenvalue weighted by atomic mass is 16.6. The zero-order chi connectivity index (χ0) is 21.1. The third kappa shape index (κ3) is 4.43. The minimum absolute atomic E-state index is 0.172. The van der Waals surface area contributed by atoms with Crippen LogP contribution in [0.4, 0.5) is 4.79 Å². The number of para-hydroxylation sites is 1. The zero-order valence-corrected chi connectivity index (χ0v) is 17.6. The van der Waals surface area contributed by atoms with Crippen molar-refractivity contribution in [3.05, 3.63) is 84.4 Å². The van der Waals surface area contributed by atoms with Crippen LogP contribution in [0.2, 0.25) is 0 Å². The van der Waals surface area contributed by atoms with Gasteiger partial charge >= 0.3 is 6.09 Å². The van der Waals surface area contributed by atoms with E-state index >= 15 is 0 Å². The molecule has 0 N–H and O–H groups in total. The van der Waals surface area contributed by atoms with Crippen molar-refractivity contribution in [1.29, 1.82) is 0 Å². The molecular formula is C27H27NO3. The number of nitrogens with zero attached hydrogens (tertiary/aromatic N) is 1. The summed E-state index contributed by atoms with van der Waals surface area (Å²) in [5.74, 6) is 1.63. The van der Waals surface area contributed by atoms with Crippen LogP contribution < -0.4 is 4.74 Å². The van der Waals surface area contributed by atoms with Crippen LogP contribution in [0.1, 0.15) is 37.7 Å². The van der Waals surface area contributed by atoms with E-state index in [4.69, 9.17) is 9.47 Å². The van der Waals surface area contributed by atoms with Crippen LogP contribution in [-0.2, 0) is 11.3 Å². The second-order valence-corrected chi connectivity index (χ2v) is 8.61. The molecule has 1 amide bonds. The number of hydrogen-bond donors (Lipinski definition) is 0. The number of hydrogen-bond acceptors (Lipinski definition) is 3. The lowest BCUT2D eigenvalue weighted by molar-refractivity contribution is 0.0260. The Morgan fingerprint density at radius 1 is 0.806 bits per heavy atom. The first kappa shape index (κ1) is 19.7. The van der Waals surface area contributed by atoms with Crippen LogP contribution in [0.15, 0.2) is 78.9 Å². The first-order chi connectivity index (χ1) is 15.2. The summed E-state index contributed by atoms with van der Waals surface area (Å²) in [4.78, 5) is 14.3. The summed E-state index contributed by atoms with van der Waals surface area (Å²) >= 11 is 0. The Hall–Kier alpha value is -3.27. The maximum atomic E-state index is 12.5. The molecule has 158 valence electrons. The normalized spacial score (nSPS) is 17.5. The summed E-state index contributed by atoms with van der Waals surface area (Å²) in [6.07, 6.45) is 5.37. The number of carbonyl (C=O) groups is 1. The Morgan fingerprint density at radius 2 is 1.55 bits per heavy atom. The average Bonchev–Trinajstić information content (AvgIpc) is 3.09. The molecule has 0 unspecified atom stereocenters. The van der Waals surface area contributed by atoms with Gasteiger partial charge in [-0.25, -0.2) is 4.79 Å². The Labute approximate surface area is 183 Å². The van der Waals surface area contributed by atoms with E-state index in [1.54, 1.807) is 0 Å². The molecule has 3 aromatic carbocycles. The average molecular weight is 414 g/mol. The van der Waals surface area contributed by atoms with Crippen LogP contribution >= 0.6 is 0 Å². The number of rotatable bonds is 5. The second-order valence-electron chi connectivity index (χ2n) is 8.61. The highest BCUT2D eigenvalue weighted by Gasteiger charge is 2.45. The molecule has 0 radical (unpaired) electrons. The molecule has 1 aliphatic heterocycles. The Balaban J connectivity index is 1.27. The predicted octanol–water partition coefficient (Wildman–Crippen LogP) is 6.80. The number of carbonyl (C=O) groups excluding carboxylic acids is 1. The molecule has 4 heteroatoms. The van der Waals surface area contributed by atoms with Crippen molar-refractivity contribution in [3.63, 3.8) is 0 Å². The molecule has 3 aromatic rings. The number of benzene rings is 3. The summed E-state index contributed by atoms with van der Waals surface area (Å²) in [5, 5.41) is 0. The first-order valence-electron chi connectivity index (χ1n) is 11.1. The second kappa shape index (κ2) is 8.46. The third-order valence-electron chi connectivity index (χ3n) is 6.27. The largest absolute Gasteiger partial charge is 0.457 e. The number of amides is 1. The van der Waals surface area contributed by atoms with Crippen molar-refractivity contribution in [2.75, 3.05) is 6.54 Å². The molecule has 1 aliphatic carbocycles. The fourth-order valence-corrected chi connectivity index (χ4v) is 4.68. The molecule has 1 saturated carbocycles. The van der Waals surface area contributed by atoms with Gasteiger partial charge in [0, 0.05) is 6.54 Å². The van der Waals surface area contributed by atoms with Crippen molar-refractivity contribution < 1.29 is 14.3 Å². The Bertz CT molecular complexity index is 1040. The van der Waals surface area contributed by atoms with Crippen molar-refractivity contribution in [2.45, 2.75) is 44.2 Å². The lowest BCUT2D eigenvalue weighted by Gasteiger charge is -2.30. The fraction of sp³-hybridized carbons (Fsp3) is 0.296. The van der Waals surface area contributed by atoms with Crippen LogP contribution in [0.5, 0.6) is 11.5 Å². The van der Waals surface area contributed by atoms with Crippen molar-refractivity contribution in [2.24, 2.45) is 0 Å². The van der Waals surface area contributed by atoms with Crippen LogP contribution in [0.25, 0.3) is 11.1 Å². The maximum Gasteiger partial charge on any atom is 0.410 e. The molecule has 2 fully saturated rings. The van der Waals surface area contributed by atoms with Gasteiger partial charge < -0.3 is 9.47 Å². The molecule has 1 saturated heterocycles. The summed E-state index contributed by atoms with van der Waals surface area (Å²) in [7, 11) is 0. The molecule has 5 rings (SSSR count). The van der Waals surface area contributed by atoms with E-state index in [1.165, 1.54) is 6.42 Å². The monoisotopic (exact) mass is 413 g/mol. The highest BCUT2D eigenvalue weighted by molar-refractivity contribution is 5.71. The zero-order valence-electron chi connectivity index (χ0n) is 17.6. The molecule has 0 atom stereocenters. The van der Waals surface area contributed by atoms with Crippen LogP contribution in [0, 0.1) is 0 Å². The van der Waals surface area contributed by atoms with Gasteiger partial charge in [0.25, 0.3) is 0 Å². The molecule has 2 aliphatic rings. The van der Waals surface area contributed by atoms with E-state index < -0.39 is 0 Å². The summed E-state index contributed by atoms with van der Waals surface area (Å²) in [6, 6.07) is 26.3. The Morgan fingerprint density at radius 3 is 2.32 bits per heavy atom. The summed E-state index contributed by atoms with van der Waals surface area (Å²) in [6.45, 7) is 1.30. The van der Waals surface area contributed by atoms with Gasteiger partial charge in [0.1, 0.15) is 17.1 Å². The predicted molar refractivity (Wildman–Crippen MR) is 121 cm³/mol. The first-order valence-corrected chi connectivity index (χ1v) is 11.1. The topological polar surface area (TPSA) is 38.8 Å². The summed E-state index contributed by atoms with van der Waals surface area (Å²) < 4.78 is 11.7. The minimum atomic E-state index is -0.248. The van der Waals surface area contributed by atoms with Gasteiger partial charge in [0.2, 0.25) is 0 Å². The quantitative estimate of drug-likeness (QED) is 0.462. The van der Waals surface area contributed by atoms with Gasteiger partial charge in [-0.2, -0.15) is 0 Å².